The van der Waals surface area contributed by atoms with Crippen LogP contribution in [0.3, 0.4) is 0 Å². The number of amides is 3. The van der Waals surface area contributed by atoms with Crippen molar-refractivity contribution in [2.45, 2.75) is 6.42 Å². The van der Waals surface area contributed by atoms with E-state index in [0.717, 1.165) is 17.0 Å². The number of nitrogens with one attached hydrogen (secondary N) is 1. The van der Waals surface area contributed by atoms with Crippen molar-refractivity contribution >= 4 is 23.4 Å². The van der Waals surface area contributed by atoms with Gasteiger partial charge < -0.3 is 10.4 Å². The van der Waals surface area contributed by atoms with E-state index in [2.05, 4.69) is 5.32 Å². The average molecular weight is 307 g/mol. The lowest BCUT2D eigenvalue weighted by Gasteiger charge is -2.13. The zero-order valence-corrected chi connectivity index (χ0v) is 11.4. The summed E-state index contributed by atoms with van der Waals surface area (Å²) >= 11 is 0. The molecule has 116 valence electrons. The summed E-state index contributed by atoms with van der Waals surface area (Å²) in [5.41, 5.74) is -0.338. The molecular weight excluding hydrogens is 294 g/mol. The third-order valence-corrected chi connectivity index (χ3v) is 3.12. The SMILES string of the molecule is O=C(CN1C(=O)c2ccc([N+](=O)[O-])cc2C1=O)NCCCO. The maximum Gasteiger partial charge on any atom is 0.270 e. The van der Waals surface area contributed by atoms with Gasteiger partial charge in [0.05, 0.1) is 16.1 Å². The molecule has 9 heteroatoms. The molecule has 0 saturated heterocycles. The Balaban J connectivity index is 2.13. The molecule has 0 fully saturated rings. The summed E-state index contributed by atoms with van der Waals surface area (Å²) in [5, 5.41) is 21.8. The summed E-state index contributed by atoms with van der Waals surface area (Å²) in [6, 6.07) is 3.37. The fourth-order valence-corrected chi connectivity index (χ4v) is 2.04. The van der Waals surface area contributed by atoms with Gasteiger partial charge >= 0.3 is 0 Å². The molecular formula is C13H13N3O6. The normalized spacial score (nSPS) is 13.2. The molecule has 3 amide bonds. The number of fused-ring (bicyclic) bond motifs is 1. The van der Waals surface area contributed by atoms with E-state index >= 15 is 0 Å². The van der Waals surface area contributed by atoms with Crippen molar-refractivity contribution in [3.05, 3.63) is 39.4 Å². The van der Waals surface area contributed by atoms with Gasteiger partial charge in [-0.25, -0.2) is 0 Å². The van der Waals surface area contributed by atoms with Gasteiger partial charge in [0.15, 0.2) is 0 Å². The van der Waals surface area contributed by atoms with Crippen molar-refractivity contribution in [2.24, 2.45) is 0 Å². The van der Waals surface area contributed by atoms with E-state index in [9.17, 15) is 24.5 Å². The van der Waals surface area contributed by atoms with Crippen LogP contribution in [0.2, 0.25) is 0 Å². The molecule has 0 atom stereocenters. The van der Waals surface area contributed by atoms with E-state index in [1.54, 1.807) is 0 Å². The Morgan fingerprint density at radius 3 is 2.59 bits per heavy atom. The van der Waals surface area contributed by atoms with Crippen LogP contribution in [0.1, 0.15) is 27.1 Å². The number of hydrogen-bond donors (Lipinski definition) is 2. The van der Waals surface area contributed by atoms with Crippen LogP contribution >= 0.6 is 0 Å². The van der Waals surface area contributed by atoms with Gasteiger partial charge in [0.25, 0.3) is 17.5 Å². The standard InChI is InChI=1S/C13H13N3O6/c17-5-1-4-14-11(18)7-15-12(19)9-3-2-8(16(21)22)6-10(9)13(15)20/h2-3,6,17H,1,4-5,7H2,(H,14,18). The van der Waals surface area contributed by atoms with Gasteiger partial charge in [-0.05, 0) is 12.5 Å². The molecule has 0 radical (unpaired) electrons. The van der Waals surface area contributed by atoms with Gasteiger partial charge in [0, 0.05) is 25.3 Å². The minimum absolute atomic E-state index is 0.0405. The first-order valence-corrected chi connectivity index (χ1v) is 6.48. The smallest absolute Gasteiger partial charge is 0.270 e. The van der Waals surface area contributed by atoms with Crippen LogP contribution < -0.4 is 5.32 Å². The zero-order valence-electron chi connectivity index (χ0n) is 11.4. The number of imide groups is 1. The maximum absolute atomic E-state index is 12.1. The van der Waals surface area contributed by atoms with E-state index in [-0.39, 0.29) is 30.0 Å². The van der Waals surface area contributed by atoms with Gasteiger partial charge in [-0.15, -0.1) is 0 Å². The number of aliphatic hydroxyl groups excluding tert-OH is 1. The Kier molecular flexibility index (Phi) is 4.47. The van der Waals surface area contributed by atoms with Crippen LogP contribution in [0.25, 0.3) is 0 Å². The number of carbonyl (C=O) groups is 3. The van der Waals surface area contributed by atoms with E-state index < -0.39 is 29.2 Å². The number of benzene rings is 1. The number of nitro benzene ring substituents is 1. The van der Waals surface area contributed by atoms with Crippen molar-refractivity contribution in [1.82, 2.24) is 10.2 Å². The number of aliphatic hydroxyl groups is 1. The number of carbonyl (C=O) groups excluding carboxylic acids is 3. The topological polar surface area (TPSA) is 130 Å². The lowest BCUT2D eigenvalue weighted by atomic mass is 10.1. The lowest BCUT2D eigenvalue weighted by Crippen LogP contribution is -2.40. The molecule has 0 unspecified atom stereocenters. The highest BCUT2D eigenvalue weighted by Gasteiger charge is 2.37. The summed E-state index contributed by atoms with van der Waals surface area (Å²) < 4.78 is 0. The summed E-state index contributed by atoms with van der Waals surface area (Å²) in [4.78, 5) is 46.6. The van der Waals surface area contributed by atoms with Crippen molar-refractivity contribution in [1.29, 1.82) is 0 Å². The predicted octanol–water partition coefficient (Wildman–Crippen LogP) is -0.311. The molecule has 1 heterocycles. The second-order valence-corrected chi connectivity index (χ2v) is 4.61. The Morgan fingerprint density at radius 1 is 1.27 bits per heavy atom. The van der Waals surface area contributed by atoms with Crippen molar-refractivity contribution in [3.8, 4) is 0 Å². The first-order chi connectivity index (χ1) is 10.5. The second-order valence-electron chi connectivity index (χ2n) is 4.61. The number of non-ortho nitro benzene ring substituents is 1. The molecule has 2 rings (SSSR count). The average Bonchev–Trinajstić information content (AvgIpc) is 2.72. The van der Waals surface area contributed by atoms with Gasteiger partial charge in [0.2, 0.25) is 5.91 Å². The number of nitrogens with zero attached hydrogens (tertiary/aromatic N) is 2. The Hall–Kier alpha value is -2.81. The minimum Gasteiger partial charge on any atom is -0.396 e. The van der Waals surface area contributed by atoms with Crippen molar-refractivity contribution in [2.75, 3.05) is 19.7 Å². The first-order valence-electron chi connectivity index (χ1n) is 6.48. The van der Waals surface area contributed by atoms with Gasteiger partial charge in [-0.1, -0.05) is 0 Å². The molecule has 9 nitrogen and oxygen atoms in total. The number of nitro groups is 1. The highest BCUT2D eigenvalue weighted by atomic mass is 16.6. The number of hydrogen-bond acceptors (Lipinski definition) is 6. The molecule has 0 aromatic heterocycles. The zero-order chi connectivity index (χ0) is 16.3. The molecule has 0 spiro atoms. The third kappa shape index (κ3) is 2.93. The Bertz CT molecular complexity index is 657. The first kappa shape index (κ1) is 15.6. The lowest BCUT2D eigenvalue weighted by molar-refractivity contribution is -0.384. The Labute approximate surface area is 124 Å². The van der Waals surface area contributed by atoms with Crippen LogP contribution in [-0.4, -0.2) is 52.3 Å². The van der Waals surface area contributed by atoms with Crippen LogP contribution in [0, 0.1) is 10.1 Å². The summed E-state index contributed by atoms with van der Waals surface area (Å²) in [5.74, 6) is -1.94. The highest BCUT2D eigenvalue weighted by molar-refractivity contribution is 6.22. The van der Waals surface area contributed by atoms with Crippen LogP contribution in [0.5, 0.6) is 0 Å². The highest BCUT2D eigenvalue weighted by Crippen LogP contribution is 2.26. The maximum atomic E-state index is 12.1. The van der Waals surface area contributed by atoms with E-state index in [0.29, 0.717) is 6.42 Å². The molecule has 1 aromatic carbocycles. The van der Waals surface area contributed by atoms with Gasteiger partial charge in [0.1, 0.15) is 6.54 Å². The molecule has 1 aliphatic heterocycles. The van der Waals surface area contributed by atoms with Crippen LogP contribution in [-0.2, 0) is 4.79 Å². The van der Waals surface area contributed by atoms with Crippen LogP contribution in [0.15, 0.2) is 18.2 Å². The fourth-order valence-electron chi connectivity index (χ4n) is 2.04. The van der Waals surface area contributed by atoms with Gasteiger partial charge in [-0.3, -0.25) is 29.4 Å². The Morgan fingerprint density at radius 2 is 1.95 bits per heavy atom. The largest absolute Gasteiger partial charge is 0.396 e. The summed E-state index contributed by atoms with van der Waals surface area (Å²) in [7, 11) is 0. The molecule has 22 heavy (non-hydrogen) atoms. The molecule has 0 aliphatic carbocycles. The van der Waals surface area contributed by atoms with E-state index in [1.165, 1.54) is 6.07 Å². The number of rotatable bonds is 6. The predicted molar refractivity (Wildman–Crippen MR) is 73.2 cm³/mol. The van der Waals surface area contributed by atoms with Gasteiger partial charge in [-0.2, -0.15) is 0 Å². The molecule has 0 bridgehead atoms. The van der Waals surface area contributed by atoms with E-state index in [1.807, 2.05) is 0 Å². The molecule has 2 N–H and O–H groups in total. The van der Waals surface area contributed by atoms with Crippen LogP contribution in [0.4, 0.5) is 5.69 Å². The molecule has 1 aromatic rings. The van der Waals surface area contributed by atoms with Crippen molar-refractivity contribution in [3.63, 3.8) is 0 Å². The van der Waals surface area contributed by atoms with E-state index in [4.69, 9.17) is 5.11 Å². The summed E-state index contributed by atoms with van der Waals surface area (Å²) in [6.07, 6.45) is 0.361. The quantitative estimate of drug-likeness (QED) is 0.321. The monoisotopic (exact) mass is 307 g/mol. The van der Waals surface area contributed by atoms with Crippen molar-refractivity contribution < 1.29 is 24.4 Å². The molecule has 0 saturated carbocycles. The fraction of sp³-hybridized carbons (Fsp3) is 0.308. The second kappa shape index (κ2) is 6.31. The minimum atomic E-state index is -0.735. The third-order valence-electron chi connectivity index (χ3n) is 3.12. The molecule has 1 aliphatic rings. The summed E-state index contributed by atoms with van der Waals surface area (Å²) in [6.45, 7) is -0.327.